The number of hydrogen-bond donors (Lipinski definition) is 5. The Bertz CT molecular complexity index is 1550. The molecule has 0 fully saturated rings. The Labute approximate surface area is 239 Å². The van der Waals surface area contributed by atoms with E-state index < -0.39 is 0 Å². The molecule has 0 bridgehead atoms. The molecule has 0 saturated heterocycles. The quantitative estimate of drug-likeness (QED) is 0.114. The molecule has 0 amide bonds. The third-order valence-corrected chi connectivity index (χ3v) is 7.71. The van der Waals surface area contributed by atoms with Gasteiger partial charge in [0.2, 0.25) is 0 Å². The van der Waals surface area contributed by atoms with E-state index in [1.54, 1.807) is 24.0 Å². The van der Waals surface area contributed by atoms with Crippen molar-refractivity contribution in [2.75, 3.05) is 47.2 Å². The SMILES string of the molecule is CN(C)c1ccc(NNc2ccccn2)cc1.CN1c2ccccc2SC1NNc1ccc(O)c2ccccc12. The fourth-order valence-electron chi connectivity index (χ4n) is 4.25. The molecule has 5 aromatic rings. The Morgan fingerprint density at radius 3 is 2.23 bits per heavy atom. The van der Waals surface area contributed by atoms with Crippen LogP contribution in [0.4, 0.5) is 28.6 Å². The second-order valence-corrected chi connectivity index (χ2v) is 10.5. The van der Waals surface area contributed by atoms with Gasteiger partial charge >= 0.3 is 0 Å². The Kier molecular flexibility index (Phi) is 8.44. The van der Waals surface area contributed by atoms with Gasteiger partial charge in [-0.2, -0.15) is 0 Å². The summed E-state index contributed by atoms with van der Waals surface area (Å²) in [6.45, 7) is 0. The number of nitrogens with zero attached hydrogens (tertiary/aromatic N) is 3. The van der Waals surface area contributed by atoms with Crippen molar-refractivity contribution in [2.24, 2.45) is 0 Å². The average molecular weight is 552 g/mol. The zero-order valence-electron chi connectivity index (χ0n) is 22.7. The Morgan fingerprint density at radius 1 is 0.775 bits per heavy atom. The lowest BCUT2D eigenvalue weighted by Gasteiger charge is -2.23. The lowest BCUT2D eigenvalue weighted by Crippen LogP contribution is -2.41. The first kappa shape index (κ1) is 27.0. The van der Waals surface area contributed by atoms with E-state index in [9.17, 15) is 5.11 Å². The summed E-state index contributed by atoms with van der Waals surface area (Å²) in [5, 5.41) is 11.8. The zero-order chi connectivity index (χ0) is 27.9. The molecule has 6 rings (SSSR count). The molecule has 0 spiro atoms. The van der Waals surface area contributed by atoms with Crippen LogP contribution in [0.25, 0.3) is 10.8 Å². The van der Waals surface area contributed by atoms with E-state index in [0.717, 1.165) is 28.0 Å². The molecule has 9 heteroatoms. The van der Waals surface area contributed by atoms with Gasteiger partial charge in [0.1, 0.15) is 17.1 Å². The Morgan fingerprint density at radius 2 is 1.50 bits per heavy atom. The number of aromatic hydroxyl groups is 1. The summed E-state index contributed by atoms with van der Waals surface area (Å²) in [7, 11) is 6.12. The van der Waals surface area contributed by atoms with Crippen LogP contribution in [0, 0.1) is 0 Å². The molecule has 1 aromatic heterocycles. The summed E-state index contributed by atoms with van der Waals surface area (Å²) >= 11 is 1.77. The molecule has 204 valence electrons. The fraction of sp³-hybridized carbons (Fsp3) is 0.129. The van der Waals surface area contributed by atoms with E-state index in [1.165, 1.54) is 16.3 Å². The summed E-state index contributed by atoms with van der Waals surface area (Å²) in [4.78, 5) is 9.70. The van der Waals surface area contributed by atoms with Gasteiger partial charge in [0.15, 0.2) is 0 Å². The third kappa shape index (κ3) is 6.33. The highest BCUT2D eigenvalue weighted by atomic mass is 32.2. The number of phenolic OH excluding ortho intramolecular Hbond substituents is 1. The largest absolute Gasteiger partial charge is 0.507 e. The summed E-state index contributed by atoms with van der Waals surface area (Å²) < 4.78 is 0. The maximum atomic E-state index is 9.98. The molecule has 40 heavy (non-hydrogen) atoms. The first-order chi connectivity index (χ1) is 19.5. The Hall–Kier alpha value is -4.60. The second kappa shape index (κ2) is 12.5. The average Bonchev–Trinajstić information content (AvgIpc) is 3.32. The van der Waals surface area contributed by atoms with E-state index in [1.807, 2.05) is 74.8 Å². The summed E-state index contributed by atoms with van der Waals surface area (Å²) in [5.41, 5.74) is 17.3. The minimum atomic E-state index is 0.111. The van der Waals surface area contributed by atoms with E-state index >= 15 is 0 Å². The second-order valence-electron chi connectivity index (χ2n) is 9.40. The molecule has 8 nitrogen and oxygen atoms in total. The zero-order valence-corrected chi connectivity index (χ0v) is 23.5. The van der Waals surface area contributed by atoms with Crippen LogP contribution in [-0.4, -0.2) is 36.7 Å². The number of rotatable bonds is 7. The summed E-state index contributed by atoms with van der Waals surface area (Å²) in [6, 6.07) is 33.7. The van der Waals surface area contributed by atoms with Gasteiger partial charge < -0.3 is 20.3 Å². The number of nitrogens with one attached hydrogen (secondary N) is 4. The normalized spacial score (nSPS) is 13.7. The number of fused-ring (bicyclic) bond motifs is 2. The fourth-order valence-corrected chi connectivity index (χ4v) is 5.37. The van der Waals surface area contributed by atoms with Gasteiger partial charge in [0, 0.05) is 48.7 Å². The number of pyridine rings is 1. The number of thioether (sulfide) groups is 1. The van der Waals surface area contributed by atoms with Gasteiger partial charge in [-0.25, -0.2) is 10.4 Å². The lowest BCUT2D eigenvalue weighted by atomic mass is 10.1. The van der Waals surface area contributed by atoms with Crippen molar-refractivity contribution in [2.45, 2.75) is 10.4 Å². The number of hydrazine groups is 2. The maximum absolute atomic E-state index is 9.98. The number of aromatic nitrogens is 1. The summed E-state index contributed by atoms with van der Waals surface area (Å²) in [5.74, 6) is 1.09. The summed E-state index contributed by atoms with van der Waals surface area (Å²) in [6.07, 6.45) is 1.75. The van der Waals surface area contributed by atoms with Crippen molar-refractivity contribution in [3.63, 3.8) is 0 Å². The minimum absolute atomic E-state index is 0.111. The molecule has 1 aliphatic rings. The van der Waals surface area contributed by atoms with Gasteiger partial charge in [0.05, 0.1) is 17.1 Å². The molecule has 1 aliphatic heterocycles. The lowest BCUT2D eigenvalue weighted by molar-refractivity contribution is 0.481. The van der Waals surface area contributed by atoms with Crippen molar-refractivity contribution in [1.82, 2.24) is 10.4 Å². The van der Waals surface area contributed by atoms with Crippen LogP contribution < -0.4 is 31.5 Å². The van der Waals surface area contributed by atoms with E-state index in [2.05, 4.69) is 79.9 Å². The highest BCUT2D eigenvalue weighted by Gasteiger charge is 2.26. The molecule has 2 heterocycles. The van der Waals surface area contributed by atoms with Gasteiger partial charge in [-0.05, 0) is 60.7 Å². The highest BCUT2D eigenvalue weighted by molar-refractivity contribution is 8.00. The maximum Gasteiger partial charge on any atom is 0.149 e. The number of phenols is 1. The third-order valence-electron chi connectivity index (χ3n) is 6.45. The highest BCUT2D eigenvalue weighted by Crippen LogP contribution is 2.41. The molecule has 1 unspecified atom stereocenters. The molecular weight excluding hydrogens is 518 g/mol. The number of anilines is 5. The molecule has 4 aromatic carbocycles. The molecule has 0 radical (unpaired) electrons. The van der Waals surface area contributed by atoms with Crippen molar-refractivity contribution < 1.29 is 5.11 Å². The van der Waals surface area contributed by atoms with Crippen LogP contribution >= 0.6 is 11.8 Å². The van der Waals surface area contributed by atoms with Gasteiger partial charge in [0.25, 0.3) is 0 Å². The van der Waals surface area contributed by atoms with Crippen LogP contribution in [0.2, 0.25) is 0 Å². The number of benzene rings is 4. The van der Waals surface area contributed by atoms with Crippen LogP contribution in [0.1, 0.15) is 0 Å². The van der Waals surface area contributed by atoms with Crippen LogP contribution in [0.15, 0.2) is 114 Å². The van der Waals surface area contributed by atoms with Gasteiger partial charge in [-0.3, -0.25) is 10.9 Å². The molecule has 5 N–H and O–H groups in total. The standard InChI is InChI=1S/C18H17N3OS.C13H16N4/c1-21-15-8-4-5-9-17(15)23-18(21)20-19-14-10-11-16(22)13-7-3-2-6-12(13)14;1-17(2)12-8-6-11(7-9-12)15-16-13-5-3-4-10-14-13/h2-11,18-20,22H,1H3;3-10,15H,1-2H3,(H,14,16). The van der Waals surface area contributed by atoms with Crippen molar-refractivity contribution in [1.29, 1.82) is 0 Å². The van der Waals surface area contributed by atoms with Crippen LogP contribution in [0.5, 0.6) is 5.75 Å². The number of para-hydroxylation sites is 1. The van der Waals surface area contributed by atoms with Crippen LogP contribution in [0.3, 0.4) is 0 Å². The van der Waals surface area contributed by atoms with E-state index in [-0.39, 0.29) is 5.50 Å². The minimum Gasteiger partial charge on any atom is -0.507 e. The van der Waals surface area contributed by atoms with Crippen molar-refractivity contribution in [3.05, 3.63) is 109 Å². The Balaban J connectivity index is 0.000000170. The topological polar surface area (TPSA) is 87.7 Å². The molecular formula is C31H33N7OS. The van der Waals surface area contributed by atoms with Gasteiger partial charge in [-0.15, -0.1) is 0 Å². The monoisotopic (exact) mass is 551 g/mol. The molecule has 0 saturated carbocycles. The van der Waals surface area contributed by atoms with Crippen LogP contribution in [-0.2, 0) is 0 Å². The van der Waals surface area contributed by atoms with Crippen molar-refractivity contribution >= 4 is 51.1 Å². The first-order valence-electron chi connectivity index (χ1n) is 12.9. The smallest absolute Gasteiger partial charge is 0.149 e. The predicted octanol–water partition coefficient (Wildman–Crippen LogP) is 6.57. The first-order valence-corrected chi connectivity index (χ1v) is 13.8. The number of hydrogen-bond acceptors (Lipinski definition) is 9. The van der Waals surface area contributed by atoms with Gasteiger partial charge in [-0.1, -0.05) is 54.2 Å². The molecule has 1 atom stereocenters. The van der Waals surface area contributed by atoms with E-state index in [0.29, 0.717) is 5.75 Å². The predicted molar refractivity (Wildman–Crippen MR) is 169 cm³/mol. The molecule has 0 aliphatic carbocycles. The van der Waals surface area contributed by atoms with E-state index in [4.69, 9.17) is 0 Å². The van der Waals surface area contributed by atoms with Crippen molar-refractivity contribution in [3.8, 4) is 5.75 Å².